The predicted octanol–water partition coefficient (Wildman–Crippen LogP) is 3.84. The second kappa shape index (κ2) is 4.72. The van der Waals surface area contributed by atoms with Crippen molar-refractivity contribution in [2.75, 3.05) is 11.9 Å². The molecule has 0 saturated heterocycles. The van der Waals surface area contributed by atoms with E-state index in [2.05, 4.69) is 33.9 Å². The summed E-state index contributed by atoms with van der Waals surface area (Å²) in [6.45, 7) is 1.04. The lowest BCUT2D eigenvalue weighted by Crippen LogP contribution is -1.90. The zero-order valence-corrected chi connectivity index (χ0v) is 11.7. The molecule has 1 aliphatic rings. The van der Waals surface area contributed by atoms with E-state index in [1.54, 1.807) is 17.5 Å². The van der Waals surface area contributed by atoms with Gasteiger partial charge in [-0.3, -0.25) is 4.98 Å². The Labute approximate surface area is 121 Å². The summed E-state index contributed by atoms with van der Waals surface area (Å²) in [6.07, 6.45) is 2.90. The van der Waals surface area contributed by atoms with Crippen molar-refractivity contribution in [1.82, 2.24) is 9.97 Å². The van der Waals surface area contributed by atoms with Crippen LogP contribution in [0.3, 0.4) is 0 Å². The molecule has 98 valence electrons. The van der Waals surface area contributed by atoms with Gasteiger partial charge in [0, 0.05) is 29.4 Å². The van der Waals surface area contributed by atoms with E-state index in [0.29, 0.717) is 0 Å². The Balaban J connectivity index is 1.72. The molecule has 4 rings (SSSR count). The highest BCUT2D eigenvalue weighted by molar-refractivity contribution is 7.13. The van der Waals surface area contributed by atoms with Gasteiger partial charge in [0.2, 0.25) is 0 Å². The molecule has 0 saturated carbocycles. The van der Waals surface area contributed by atoms with Crippen molar-refractivity contribution in [3.05, 3.63) is 53.5 Å². The normalized spacial score (nSPS) is 13.0. The van der Waals surface area contributed by atoms with E-state index in [1.807, 2.05) is 18.2 Å². The average molecular weight is 279 g/mol. The van der Waals surface area contributed by atoms with Gasteiger partial charge in [0.05, 0.1) is 11.4 Å². The molecule has 0 bridgehead atoms. The highest BCUT2D eigenvalue weighted by atomic mass is 32.1. The maximum Gasteiger partial charge on any atom is 0.142 e. The molecular formula is C16H13N3S. The van der Waals surface area contributed by atoms with Gasteiger partial charge in [-0.2, -0.15) is 0 Å². The second-order valence-electron chi connectivity index (χ2n) is 4.80. The number of aromatic nitrogens is 2. The average Bonchev–Trinajstić information content (AvgIpc) is 3.16. The van der Waals surface area contributed by atoms with E-state index in [-0.39, 0.29) is 0 Å². The maximum atomic E-state index is 4.71. The molecule has 4 heteroatoms. The Bertz CT molecular complexity index is 749. The van der Waals surface area contributed by atoms with Crippen molar-refractivity contribution >= 4 is 17.0 Å². The van der Waals surface area contributed by atoms with Crippen LogP contribution in [0.1, 0.15) is 5.56 Å². The van der Waals surface area contributed by atoms with Gasteiger partial charge in [0.25, 0.3) is 0 Å². The minimum Gasteiger partial charge on any atom is -0.384 e. The van der Waals surface area contributed by atoms with Crippen LogP contribution in [0.15, 0.2) is 48.0 Å². The van der Waals surface area contributed by atoms with Gasteiger partial charge >= 0.3 is 0 Å². The van der Waals surface area contributed by atoms with Crippen LogP contribution in [0, 0.1) is 0 Å². The fourth-order valence-electron chi connectivity index (χ4n) is 2.48. The number of nitrogens with one attached hydrogen (secondary N) is 1. The van der Waals surface area contributed by atoms with Crippen molar-refractivity contribution in [3.63, 3.8) is 0 Å². The molecule has 3 aromatic rings. The Morgan fingerprint density at radius 3 is 3.00 bits per heavy atom. The summed E-state index contributed by atoms with van der Waals surface area (Å²) in [6, 6.07) is 12.4. The minimum atomic E-state index is 0.937. The van der Waals surface area contributed by atoms with E-state index in [9.17, 15) is 0 Å². The smallest absolute Gasteiger partial charge is 0.142 e. The van der Waals surface area contributed by atoms with Crippen LogP contribution >= 0.6 is 11.3 Å². The van der Waals surface area contributed by atoms with Crippen LogP contribution in [0.4, 0.5) is 5.69 Å². The topological polar surface area (TPSA) is 37.8 Å². The molecule has 0 radical (unpaired) electrons. The highest BCUT2D eigenvalue weighted by Crippen LogP contribution is 2.31. The molecule has 1 N–H and O–H groups in total. The fourth-order valence-corrected chi connectivity index (χ4v) is 3.28. The van der Waals surface area contributed by atoms with Crippen LogP contribution in [-0.4, -0.2) is 16.5 Å². The van der Waals surface area contributed by atoms with Gasteiger partial charge in [-0.15, -0.1) is 11.3 Å². The molecule has 3 heterocycles. The Morgan fingerprint density at radius 2 is 2.10 bits per heavy atom. The van der Waals surface area contributed by atoms with Gasteiger partial charge < -0.3 is 5.32 Å². The van der Waals surface area contributed by atoms with Gasteiger partial charge in [0.15, 0.2) is 0 Å². The Morgan fingerprint density at radius 1 is 1.10 bits per heavy atom. The SMILES string of the molecule is c1ccc(-c2nc(-c3ccc4c(c3)CCN4)cs2)nc1. The van der Waals surface area contributed by atoms with Gasteiger partial charge in [0.1, 0.15) is 5.01 Å². The third kappa shape index (κ3) is 1.98. The molecule has 0 amide bonds. The third-order valence-electron chi connectivity index (χ3n) is 3.50. The van der Waals surface area contributed by atoms with Gasteiger partial charge in [-0.25, -0.2) is 4.98 Å². The monoisotopic (exact) mass is 279 g/mol. The molecule has 0 spiro atoms. The molecular weight excluding hydrogens is 266 g/mol. The second-order valence-corrected chi connectivity index (χ2v) is 5.66. The van der Waals surface area contributed by atoms with E-state index in [1.165, 1.54) is 16.8 Å². The van der Waals surface area contributed by atoms with Crippen molar-refractivity contribution in [3.8, 4) is 22.0 Å². The van der Waals surface area contributed by atoms with Crippen LogP contribution in [-0.2, 0) is 6.42 Å². The molecule has 0 aliphatic carbocycles. The standard InChI is InChI=1S/C16H13N3S/c1-2-7-17-14(3-1)16-19-15(10-20-16)11-4-5-13-12(9-11)6-8-18-13/h1-5,7,9-10,18H,6,8H2. The number of benzene rings is 1. The first kappa shape index (κ1) is 11.6. The fraction of sp³-hybridized carbons (Fsp3) is 0.125. The highest BCUT2D eigenvalue weighted by Gasteiger charge is 2.12. The van der Waals surface area contributed by atoms with E-state index < -0.39 is 0 Å². The number of thiazole rings is 1. The van der Waals surface area contributed by atoms with Crippen molar-refractivity contribution < 1.29 is 0 Å². The van der Waals surface area contributed by atoms with E-state index in [4.69, 9.17) is 4.98 Å². The summed E-state index contributed by atoms with van der Waals surface area (Å²) in [4.78, 5) is 9.06. The first-order valence-electron chi connectivity index (χ1n) is 6.64. The number of hydrogen-bond acceptors (Lipinski definition) is 4. The first-order chi connectivity index (χ1) is 9.90. The number of rotatable bonds is 2. The molecule has 20 heavy (non-hydrogen) atoms. The summed E-state index contributed by atoms with van der Waals surface area (Å²) in [7, 11) is 0. The first-order valence-corrected chi connectivity index (χ1v) is 7.52. The molecule has 1 aliphatic heterocycles. The quantitative estimate of drug-likeness (QED) is 0.774. The van der Waals surface area contributed by atoms with E-state index in [0.717, 1.165) is 29.4 Å². The molecule has 2 aromatic heterocycles. The minimum absolute atomic E-state index is 0.937. The lowest BCUT2D eigenvalue weighted by atomic mass is 10.1. The maximum absolute atomic E-state index is 4.71. The molecule has 1 aromatic carbocycles. The third-order valence-corrected chi connectivity index (χ3v) is 4.36. The summed E-state index contributed by atoms with van der Waals surface area (Å²) in [5.41, 5.74) is 5.80. The number of anilines is 1. The number of fused-ring (bicyclic) bond motifs is 1. The summed E-state index contributed by atoms with van der Waals surface area (Å²) < 4.78 is 0. The van der Waals surface area contributed by atoms with Crippen molar-refractivity contribution in [1.29, 1.82) is 0 Å². The Hall–Kier alpha value is -2.20. The zero-order valence-electron chi connectivity index (χ0n) is 10.8. The van der Waals surface area contributed by atoms with Gasteiger partial charge in [-0.1, -0.05) is 12.1 Å². The van der Waals surface area contributed by atoms with Crippen LogP contribution in [0.25, 0.3) is 22.0 Å². The predicted molar refractivity (Wildman–Crippen MR) is 83.0 cm³/mol. The zero-order chi connectivity index (χ0) is 13.4. The lowest BCUT2D eigenvalue weighted by Gasteiger charge is -2.02. The molecule has 0 fully saturated rings. The van der Waals surface area contributed by atoms with Crippen molar-refractivity contribution in [2.45, 2.75) is 6.42 Å². The summed E-state index contributed by atoms with van der Waals surface area (Å²) in [5.74, 6) is 0. The van der Waals surface area contributed by atoms with E-state index >= 15 is 0 Å². The summed E-state index contributed by atoms with van der Waals surface area (Å²) >= 11 is 1.64. The molecule has 0 unspecified atom stereocenters. The molecule has 0 atom stereocenters. The van der Waals surface area contributed by atoms with Crippen LogP contribution in [0.2, 0.25) is 0 Å². The number of hydrogen-bond donors (Lipinski definition) is 1. The molecule has 3 nitrogen and oxygen atoms in total. The van der Waals surface area contributed by atoms with Crippen molar-refractivity contribution in [2.24, 2.45) is 0 Å². The Kier molecular flexibility index (Phi) is 2.74. The largest absolute Gasteiger partial charge is 0.384 e. The number of nitrogens with zero attached hydrogens (tertiary/aromatic N) is 2. The van der Waals surface area contributed by atoms with Crippen LogP contribution < -0.4 is 5.32 Å². The summed E-state index contributed by atoms with van der Waals surface area (Å²) in [5, 5.41) is 6.46. The van der Waals surface area contributed by atoms with Crippen LogP contribution in [0.5, 0.6) is 0 Å². The number of pyridine rings is 1. The lowest BCUT2D eigenvalue weighted by molar-refractivity contribution is 1.11. The van der Waals surface area contributed by atoms with Gasteiger partial charge in [-0.05, 0) is 36.2 Å².